The number of nitrogens with zero attached hydrogens (tertiary/aromatic N) is 1. The fraction of sp³-hybridized carbons (Fsp3) is 0.400. The van der Waals surface area contributed by atoms with Crippen molar-refractivity contribution in [1.82, 2.24) is 4.98 Å². The maximum atomic E-state index is 11.6. The van der Waals surface area contributed by atoms with E-state index in [1.807, 2.05) is 0 Å². The zero-order valence-corrected chi connectivity index (χ0v) is 8.98. The van der Waals surface area contributed by atoms with Crippen molar-refractivity contribution >= 4 is 5.78 Å². The van der Waals surface area contributed by atoms with Gasteiger partial charge in [0, 0.05) is 12.3 Å². The molecule has 0 bridgehead atoms. The monoisotopic (exact) mass is 210 g/mol. The van der Waals surface area contributed by atoms with Crippen LogP contribution in [-0.2, 0) is 0 Å². The lowest BCUT2D eigenvalue weighted by Gasteiger charge is -2.10. The Labute approximate surface area is 88.2 Å². The Hall–Kier alpha value is -1.62. The molecule has 1 aromatic rings. The summed E-state index contributed by atoms with van der Waals surface area (Å²) >= 11 is 0. The number of Topliss-reactive ketones (excluding diaryl/α,β-unsaturated/α-hetero) is 1. The number of ketones is 1. The molecular formula is C10H14N2O3. The normalized spacial score (nSPS) is 12.0. The lowest BCUT2D eigenvalue weighted by molar-refractivity contribution is 0.0964. The average Bonchev–Trinajstić information content (AvgIpc) is 2.27. The highest BCUT2D eigenvalue weighted by atomic mass is 16.5. The summed E-state index contributed by atoms with van der Waals surface area (Å²) in [5.41, 5.74) is 5.87. The van der Waals surface area contributed by atoms with E-state index < -0.39 is 6.04 Å². The lowest BCUT2D eigenvalue weighted by atomic mass is 10.1. The van der Waals surface area contributed by atoms with Crippen molar-refractivity contribution in [3.05, 3.63) is 17.8 Å². The molecule has 0 spiro atoms. The van der Waals surface area contributed by atoms with Gasteiger partial charge in [0.1, 0.15) is 5.75 Å². The third-order valence-electron chi connectivity index (χ3n) is 1.95. The van der Waals surface area contributed by atoms with Gasteiger partial charge in [-0.25, -0.2) is 4.98 Å². The summed E-state index contributed by atoms with van der Waals surface area (Å²) in [6, 6.07) is 0.976. The highest BCUT2D eigenvalue weighted by Gasteiger charge is 2.17. The zero-order valence-electron chi connectivity index (χ0n) is 8.98. The van der Waals surface area contributed by atoms with Crippen molar-refractivity contribution in [2.45, 2.75) is 13.0 Å². The van der Waals surface area contributed by atoms with Gasteiger partial charge in [-0.3, -0.25) is 4.79 Å². The summed E-state index contributed by atoms with van der Waals surface area (Å²) in [6.45, 7) is 1.62. The molecule has 82 valence electrons. The Kier molecular flexibility index (Phi) is 3.62. The van der Waals surface area contributed by atoms with Crippen LogP contribution in [0.5, 0.6) is 11.6 Å². The first-order valence-corrected chi connectivity index (χ1v) is 4.48. The van der Waals surface area contributed by atoms with E-state index in [4.69, 9.17) is 15.2 Å². The fourth-order valence-corrected chi connectivity index (χ4v) is 1.13. The first-order chi connectivity index (χ1) is 7.10. The van der Waals surface area contributed by atoms with Crippen molar-refractivity contribution in [2.75, 3.05) is 14.2 Å². The number of rotatable bonds is 4. The molecule has 0 amide bonds. The highest BCUT2D eigenvalue weighted by molar-refractivity contribution is 6.01. The molecule has 1 unspecified atom stereocenters. The molecule has 0 aliphatic rings. The van der Waals surface area contributed by atoms with Gasteiger partial charge in [0.2, 0.25) is 5.88 Å². The molecule has 0 radical (unpaired) electrons. The molecule has 0 aromatic carbocycles. The van der Waals surface area contributed by atoms with Crippen LogP contribution in [0.4, 0.5) is 0 Å². The Morgan fingerprint density at radius 2 is 2.13 bits per heavy atom. The van der Waals surface area contributed by atoms with Gasteiger partial charge in [0.25, 0.3) is 0 Å². The van der Waals surface area contributed by atoms with Gasteiger partial charge < -0.3 is 15.2 Å². The number of carbonyl (C=O) groups excluding carboxylic acids is 1. The van der Waals surface area contributed by atoms with Crippen molar-refractivity contribution in [3.8, 4) is 11.6 Å². The van der Waals surface area contributed by atoms with E-state index in [1.165, 1.54) is 20.4 Å². The summed E-state index contributed by atoms with van der Waals surface area (Å²) in [4.78, 5) is 15.6. The molecule has 2 N–H and O–H groups in total. The zero-order chi connectivity index (χ0) is 11.4. The van der Waals surface area contributed by atoms with Gasteiger partial charge in [-0.05, 0) is 6.92 Å². The van der Waals surface area contributed by atoms with Crippen molar-refractivity contribution in [2.24, 2.45) is 5.73 Å². The van der Waals surface area contributed by atoms with E-state index in [1.54, 1.807) is 13.0 Å². The van der Waals surface area contributed by atoms with Crippen LogP contribution in [-0.4, -0.2) is 31.0 Å². The van der Waals surface area contributed by atoms with E-state index in [0.717, 1.165) is 0 Å². The highest BCUT2D eigenvalue weighted by Crippen LogP contribution is 2.22. The number of hydrogen-bond donors (Lipinski definition) is 1. The largest absolute Gasteiger partial charge is 0.496 e. The maximum absolute atomic E-state index is 11.6. The van der Waals surface area contributed by atoms with Gasteiger partial charge in [0.05, 0.1) is 25.8 Å². The van der Waals surface area contributed by atoms with E-state index in [2.05, 4.69) is 4.98 Å². The van der Waals surface area contributed by atoms with Gasteiger partial charge in [-0.2, -0.15) is 0 Å². The summed E-state index contributed by atoms with van der Waals surface area (Å²) in [5, 5.41) is 0. The summed E-state index contributed by atoms with van der Waals surface area (Å²) in [7, 11) is 2.97. The third kappa shape index (κ3) is 2.44. The van der Waals surface area contributed by atoms with Crippen LogP contribution in [0, 0.1) is 0 Å². The van der Waals surface area contributed by atoms with E-state index in [9.17, 15) is 4.79 Å². The second-order valence-electron chi connectivity index (χ2n) is 3.08. The third-order valence-corrected chi connectivity index (χ3v) is 1.95. The number of pyridine rings is 1. The van der Waals surface area contributed by atoms with Gasteiger partial charge >= 0.3 is 0 Å². The number of methoxy groups -OCH3 is 2. The number of carbonyl (C=O) groups is 1. The van der Waals surface area contributed by atoms with E-state index in [-0.39, 0.29) is 5.78 Å². The number of hydrogen-bond acceptors (Lipinski definition) is 5. The molecule has 0 saturated heterocycles. The molecule has 1 heterocycles. The minimum Gasteiger partial charge on any atom is -0.496 e. The van der Waals surface area contributed by atoms with Crippen LogP contribution >= 0.6 is 0 Å². The molecule has 1 rings (SSSR count). The van der Waals surface area contributed by atoms with Crippen molar-refractivity contribution in [3.63, 3.8) is 0 Å². The maximum Gasteiger partial charge on any atom is 0.216 e. The molecule has 5 nitrogen and oxygen atoms in total. The van der Waals surface area contributed by atoms with Crippen LogP contribution in [0.3, 0.4) is 0 Å². The molecule has 0 fully saturated rings. The molecule has 5 heteroatoms. The van der Waals surface area contributed by atoms with Crippen LogP contribution in [0.15, 0.2) is 12.3 Å². The van der Waals surface area contributed by atoms with Crippen molar-refractivity contribution in [1.29, 1.82) is 0 Å². The van der Waals surface area contributed by atoms with Crippen LogP contribution in [0.1, 0.15) is 17.3 Å². The van der Waals surface area contributed by atoms with E-state index in [0.29, 0.717) is 17.2 Å². The Balaban J connectivity index is 3.13. The first-order valence-electron chi connectivity index (χ1n) is 4.48. The van der Waals surface area contributed by atoms with E-state index >= 15 is 0 Å². The molecule has 0 saturated carbocycles. The van der Waals surface area contributed by atoms with Crippen LogP contribution < -0.4 is 15.2 Å². The fourth-order valence-electron chi connectivity index (χ4n) is 1.13. The average molecular weight is 210 g/mol. The Morgan fingerprint density at radius 3 is 2.60 bits per heavy atom. The second-order valence-corrected chi connectivity index (χ2v) is 3.08. The van der Waals surface area contributed by atoms with Gasteiger partial charge in [0.15, 0.2) is 5.78 Å². The predicted molar refractivity (Wildman–Crippen MR) is 55.3 cm³/mol. The standard InChI is InChI=1S/C10H14N2O3/c1-6(11)10(13)7-5-12-9(15-3)4-8(7)14-2/h4-6H,11H2,1-3H3. The van der Waals surface area contributed by atoms with Crippen LogP contribution in [0.25, 0.3) is 0 Å². The smallest absolute Gasteiger partial charge is 0.216 e. The lowest BCUT2D eigenvalue weighted by Crippen LogP contribution is -2.27. The Morgan fingerprint density at radius 1 is 1.47 bits per heavy atom. The minimum atomic E-state index is -0.575. The van der Waals surface area contributed by atoms with Crippen molar-refractivity contribution < 1.29 is 14.3 Å². The van der Waals surface area contributed by atoms with Gasteiger partial charge in [-0.1, -0.05) is 0 Å². The quantitative estimate of drug-likeness (QED) is 0.738. The molecule has 1 aromatic heterocycles. The first kappa shape index (κ1) is 11.5. The second kappa shape index (κ2) is 4.75. The van der Waals surface area contributed by atoms with Gasteiger partial charge in [-0.15, -0.1) is 0 Å². The van der Waals surface area contributed by atoms with Crippen LogP contribution in [0.2, 0.25) is 0 Å². The minimum absolute atomic E-state index is 0.206. The molecule has 15 heavy (non-hydrogen) atoms. The summed E-state index contributed by atoms with van der Waals surface area (Å²) in [5.74, 6) is 0.610. The summed E-state index contributed by atoms with van der Waals surface area (Å²) < 4.78 is 9.98. The predicted octanol–water partition coefficient (Wildman–Crippen LogP) is 0.629. The number of nitrogens with two attached hydrogens (primary N) is 1. The number of ether oxygens (including phenoxy) is 2. The SMILES string of the molecule is COc1cc(OC)c(C(=O)C(C)N)cn1. The molecular weight excluding hydrogens is 196 g/mol. The number of aromatic nitrogens is 1. The molecule has 1 atom stereocenters. The topological polar surface area (TPSA) is 74.4 Å². The summed E-state index contributed by atoms with van der Waals surface area (Å²) in [6.07, 6.45) is 1.41. The molecule has 0 aliphatic heterocycles. The molecule has 0 aliphatic carbocycles. The Bertz CT molecular complexity index is 364.